The molecule has 0 bridgehead atoms. The first-order valence-electron chi connectivity index (χ1n) is 5.51. The molecule has 2 heterocycles. The molecule has 9 heteroatoms. The van der Waals surface area contributed by atoms with Crippen LogP contribution in [0.3, 0.4) is 0 Å². The topological polar surface area (TPSA) is 105 Å². The Morgan fingerprint density at radius 3 is 2.70 bits per heavy atom. The zero-order chi connectivity index (χ0) is 14.5. The molecule has 7 nitrogen and oxygen atoms in total. The van der Waals surface area contributed by atoms with Crippen LogP contribution in [0.4, 0.5) is 0 Å². The second-order valence-corrected chi connectivity index (χ2v) is 5.01. The van der Waals surface area contributed by atoms with Crippen LogP contribution in [0.25, 0.3) is 0 Å². The molecule has 2 aromatic heterocycles. The molecular weight excluding hydrogens is 304 g/mol. The molecule has 0 spiro atoms. The molecule has 0 fully saturated rings. The summed E-state index contributed by atoms with van der Waals surface area (Å²) in [5, 5.41) is 20.9. The maximum Gasteiger partial charge on any atom is 0.355 e. The summed E-state index contributed by atoms with van der Waals surface area (Å²) in [5.41, 5.74) is 0.180. The van der Waals surface area contributed by atoms with Crippen LogP contribution in [0.1, 0.15) is 26.0 Å². The van der Waals surface area contributed by atoms with E-state index in [4.69, 9.17) is 16.7 Å². The van der Waals surface area contributed by atoms with E-state index in [1.54, 1.807) is 0 Å². The highest BCUT2D eigenvalue weighted by Gasteiger charge is 2.10. The van der Waals surface area contributed by atoms with E-state index >= 15 is 0 Å². The largest absolute Gasteiger partial charge is 0.476 e. The van der Waals surface area contributed by atoms with Crippen molar-refractivity contribution in [3.05, 3.63) is 39.1 Å². The molecule has 0 saturated carbocycles. The molecule has 2 aromatic rings. The van der Waals surface area contributed by atoms with E-state index in [1.165, 1.54) is 28.8 Å². The molecule has 0 saturated heterocycles. The van der Waals surface area contributed by atoms with Crippen molar-refractivity contribution in [2.45, 2.75) is 6.42 Å². The van der Waals surface area contributed by atoms with Gasteiger partial charge in [-0.1, -0.05) is 11.6 Å². The highest BCUT2D eigenvalue weighted by atomic mass is 35.5. The fourth-order valence-corrected chi connectivity index (χ4v) is 2.21. The van der Waals surface area contributed by atoms with Crippen LogP contribution < -0.4 is 5.32 Å². The third-order valence-electron chi connectivity index (χ3n) is 2.26. The lowest BCUT2D eigenvalue weighted by Gasteiger charge is -2.02. The smallest absolute Gasteiger partial charge is 0.355 e. The number of hydrogen-bond acceptors (Lipinski definition) is 6. The number of hydrogen-bond donors (Lipinski definition) is 2. The molecule has 0 aliphatic carbocycles. The number of carboxylic acid groups (broad SMARTS) is 1. The van der Waals surface area contributed by atoms with Crippen molar-refractivity contribution < 1.29 is 14.7 Å². The molecular formula is C11H9ClN4O3S. The van der Waals surface area contributed by atoms with Gasteiger partial charge in [-0.3, -0.25) is 4.79 Å². The zero-order valence-electron chi connectivity index (χ0n) is 10.0. The predicted molar refractivity (Wildman–Crippen MR) is 72.2 cm³/mol. The minimum atomic E-state index is -1.06. The maximum absolute atomic E-state index is 11.7. The van der Waals surface area contributed by atoms with E-state index in [0.29, 0.717) is 18.0 Å². The third-order valence-corrected chi connectivity index (χ3v) is 3.37. The summed E-state index contributed by atoms with van der Waals surface area (Å²) in [6.45, 7) is 0.329. The van der Waals surface area contributed by atoms with Crippen molar-refractivity contribution in [1.29, 1.82) is 0 Å². The lowest BCUT2D eigenvalue weighted by Crippen LogP contribution is -2.26. The van der Waals surface area contributed by atoms with Crippen LogP contribution in [-0.4, -0.2) is 38.7 Å². The van der Waals surface area contributed by atoms with E-state index in [-0.39, 0.29) is 22.4 Å². The van der Waals surface area contributed by atoms with Gasteiger partial charge in [0.2, 0.25) is 0 Å². The Kier molecular flexibility index (Phi) is 4.59. The molecule has 0 aliphatic rings. The van der Waals surface area contributed by atoms with E-state index in [9.17, 15) is 9.59 Å². The first-order chi connectivity index (χ1) is 9.56. The lowest BCUT2D eigenvalue weighted by molar-refractivity contribution is 0.0690. The van der Waals surface area contributed by atoms with E-state index in [1.807, 2.05) is 0 Å². The minimum absolute atomic E-state index is 0.0138. The molecule has 104 valence electrons. The number of nitrogens with zero attached hydrogens (tertiary/aromatic N) is 3. The second kappa shape index (κ2) is 6.40. The molecule has 0 atom stereocenters. The second-order valence-electron chi connectivity index (χ2n) is 3.68. The normalized spacial score (nSPS) is 10.2. The van der Waals surface area contributed by atoms with Gasteiger partial charge in [-0.25, -0.2) is 9.78 Å². The number of nitrogens with one attached hydrogen (secondary N) is 1. The van der Waals surface area contributed by atoms with Gasteiger partial charge < -0.3 is 10.4 Å². The maximum atomic E-state index is 11.7. The fourth-order valence-electron chi connectivity index (χ4n) is 1.33. The van der Waals surface area contributed by atoms with Crippen molar-refractivity contribution in [2.75, 3.05) is 6.54 Å². The average Bonchev–Trinajstić information content (AvgIpc) is 2.88. The first kappa shape index (κ1) is 14.4. The van der Waals surface area contributed by atoms with Crippen molar-refractivity contribution >= 4 is 34.8 Å². The number of carboxylic acids is 1. The first-order valence-corrected chi connectivity index (χ1v) is 6.77. The summed E-state index contributed by atoms with van der Waals surface area (Å²) in [6, 6.07) is 2.94. The van der Waals surface area contributed by atoms with Gasteiger partial charge >= 0.3 is 5.97 Å². The van der Waals surface area contributed by atoms with Gasteiger partial charge in [-0.05, 0) is 12.1 Å². The Morgan fingerprint density at radius 1 is 1.30 bits per heavy atom. The monoisotopic (exact) mass is 312 g/mol. The fraction of sp³-hybridized carbons (Fsp3) is 0.182. The SMILES string of the molecule is O=C(O)c1csc(CCNC(=O)c2ccc(Cl)nn2)n1. The zero-order valence-corrected chi connectivity index (χ0v) is 11.6. The minimum Gasteiger partial charge on any atom is -0.476 e. The summed E-state index contributed by atoms with van der Waals surface area (Å²) in [7, 11) is 0. The standard InChI is InChI=1S/C11H9ClN4O3S/c12-8-2-1-6(15-16-8)10(17)13-4-3-9-14-7(5-20-9)11(18)19/h1-2,5H,3-4H2,(H,13,17)(H,18,19). The Bertz CT molecular complexity index is 629. The highest BCUT2D eigenvalue weighted by molar-refractivity contribution is 7.09. The summed E-state index contributed by atoms with van der Waals surface area (Å²) in [6.07, 6.45) is 0.449. The van der Waals surface area contributed by atoms with Crippen molar-refractivity contribution in [2.24, 2.45) is 0 Å². The van der Waals surface area contributed by atoms with Crippen LogP contribution in [-0.2, 0) is 6.42 Å². The summed E-state index contributed by atoms with van der Waals surface area (Å²) in [5.74, 6) is -1.43. The molecule has 0 aromatic carbocycles. The summed E-state index contributed by atoms with van der Waals surface area (Å²) in [4.78, 5) is 26.3. The molecule has 0 aliphatic heterocycles. The van der Waals surface area contributed by atoms with Crippen LogP contribution in [0.2, 0.25) is 5.15 Å². The number of aromatic nitrogens is 3. The Balaban J connectivity index is 1.84. The van der Waals surface area contributed by atoms with Crippen molar-refractivity contribution in [1.82, 2.24) is 20.5 Å². The number of rotatable bonds is 5. The Labute approximate surface area is 122 Å². The van der Waals surface area contributed by atoms with Gasteiger partial charge in [-0.15, -0.1) is 21.5 Å². The van der Waals surface area contributed by atoms with Gasteiger partial charge in [0.05, 0.1) is 5.01 Å². The quantitative estimate of drug-likeness (QED) is 0.861. The molecule has 1 amide bonds. The van der Waals surface area contributed by atoms with E-state index < -0.39 is 5.97 Å². The third kappa shape index (κ3) is 3.72. The van der Waals surface area contributed by atoms with Crippen LogP contribution >= 0.6 is 22.9 Å². The van der Waals surface area contributed by atoms with Crippen LogP contribution in [0.5, 0.6) is 0 Å². The number of carbonyl (C=O) groups is 2. The number of carbonyl (C=O) groups excluding carboxylic acids is 1. The highest BCUT2D eigenvalue weighted by Crippen LogP contribution is 2.10. The number of halogens is 1. The van der Waals surface area contributed by atoms with Crippen molar-refractivity contribution in [3.8, 4) is 0 Å². The van der Waals surface area contributed by atoms with Gasteiger partial charge in [0.25, 0.3) is 5.91 Å². The lowest BCUT2D eigenvalue weighted by atomic mass is 10.3. The van der Waals surface area contributed by atoms with Crippen LogP contribution in [0, 0.1) is 0 Å². The Hall–Kier alpha value is -2.06. The number of amides is 1. The van der Waals surface area contributed by atoms with E-state index in [2.05, 4.69) is 20.5 Å². The average molecular weight is 313 g/mol. The molecule has 2 N–H and O–H groups in total. The number of thiazole rings is 1. The molecule has 0 unspecified atom stereocenters. The molecule has 20 heavy (non-hydrogen) atoms. The summed E-state index contributed by atoms with van der Waals surface area (Å²) < 4.78 is 0. The van der Waals surface area contributed by atoms with E-state index in [0.717, 1.165) is 0 Å². The predicted octanol–water partition coefficient (Wildman–Crippen LogP) is 1.26. The number of aromatic carboxylic acids is 1. The van der Waals surface area contributed by atoms with Gasteiger partial charge in [0.15, 0.2) is 16.5 Å². The van der Waals surface area contributed by atoms with Crippen molar-refractivity contribution in [3.63, 3.8) is 0 Å². The van der Waals surface area contributed by atoms with Gasteiger partial charge in [0.1, 0.15) is 0 Å². The summed E-state index contributed by atoms with van der Waals surface area (Å²) >= 11 is 6.81. The molecule has 0 radical (unpaired) electrons. The Morgan fingerprint density at radius 2 is 2.10 bits per heavy atom. The van der Waals surface area contributed by atoms with Gasteiger partial charge in [0, 0.05) is 18.3 Å². The molecule has 2 rings (SSSR count). The van der Waals surface area contributed by atoms with Gasteiger partial charge in [-0.2, -0.15) is 0 Å². The van der Waals surface area contributed by atoms with Crippen LogP contribution in [0.15, 0.2) is 17.5 Å².